The third-order valence-corrected chi connectivity index (χ3v) is 3.37. The Balaban J connectivity index is 2.54. The van der Waals surface area contributed by atoms with Crippen molar-refractivity contribution in [3.05, 3.63) is 35.9 Å². The first-order valence-corrected chi connectivity index (χ1v) is 5.66. The average Bonchev–Trinajstić information content (AvgIpc) is 2.75. The molecule has 0 aliphatic carbocycles. The molecule has 4 heteroatoms. The van der Waals surface area contributed by atoms with Crippen molar-refractivity contribution in [2.24, 2.45) is 0 Å². The molecule has 2 rings (SSSR count). The SMILES string of the molecule is CC(=O)N1CCC[C@@]1(C(=O)O)c1ccccc1. The van der Waals surface area contributed by atoms with Crippen LogP contribution in [0.3, 0.4) is 0 Å². The highest BCUT2D eigenvalue weighted by atomic mass is 16.4. The van der Waals surface area contributed by atoms with Crippen LogP contribution >= 0.6 is 0 Å². The number of aliphatic carboxylic acids is 1. The van der Waals surface area contributed by atoms with Gasteiger partial charge in [-0.15, -0.1) is 0 Å². The number of rotatable bonds is 2. The molecule has 1 heterocycles. The van der Waals surface area contributed by atoms with Gasteiger partial charge in [-0.05, 0) is 18.4 Å². The molecule has 1 amide bonds. The van der Waals surface area contributed by atoms with Gasteiger partial charge in [0.05, 0.1) is 0 Å². The van der Waals surface area contributed by atoms with Crippen LogP contribution in [0, 0.1) is 0 Å². The topological polar surface area (TPSA) is 57.6 Å². The van der Waals surface area contributed by atoms with E-state index in [-0.39, 0.29) is 5.91 Å². The molecule has 0 bridgehead atoms. The van der Waals surface area contributed by atoms with Crippen molar-refractivity contribution in [1.29, 1.82) is 0 Å². The number of carbonyl (C=O) groups excluding carboxylic acids is 1. The molecular formula is C13H15NO3. The van der Waals surface area contributed by atoms with Crippen molar-refractivity contribution < 1.29 is 14.7 Å². The first-order valence-electron chi connectivity index (χ1n) is 5.66. The van der Waals surface area contributed by atoms with Gasteiger partial charge in [-0.25, -0.2) is 4.79 Å². The molecule has 4 nitrogen and oxygen atoms in total. The Labute approximate surface area is 99.9 Å². The first-order chi connectivity index (χ1) is 8.09. The average molecular weight is 233 g/mol. The molecule has 0 unspecified atom stereocenters. The van der Waals surface area contributed by atoms with E-state index < -0.39 is 11.5 Å². The summed E-state index contributed by atoms with van der Waals surface area (Å²) in [6, 6.07) is 8.99. The lowest BCUT2D eigenvalue weighted by atomic mass is 9.87. The fraction of sp³-hybridized carbons (Fsp3) is 0.385. The molecular weight excluding hydrogens is 218 g/mol. The molecule has 0 aromatic heterocycles. The van der Waals surface area contributed by atoms with Crippen LogP contribution in [0.4, 0.5) is 0 Å². The van der Waals surface area contributed by atoms with Crippen molar-refractivity contribution in [1.82, 2.24) is 4.90 Å². The van der Waals surface area contributed by atoms with Crippen LogP contribution in [0.15, 0.2) is 30.3 Å². The van der Waals surface area contributed by atoms with Crippen molar-refractivity contribution >= 4 is 11.9 Å². The van der Waals surface area contributed by atoms with Crippen molar-refractivity contribution in [2.75, 3.05) is 6.54 Å². The summed E-state index contributed by atoms with van der Waals surface area (Å²) in [4.78, 5) is 24.7. The number of benzene rings is 1. The summed E-state index contributed by atoms with van der Waals surface area (Å²) < 4.78 is 0. The predicted molar refractivity (Wildman–Crippen MR) is 62.4 cm³/mol. The van der Waals surface area contributed by atoms with E-state index in [1.807, 2.05) is 6.07 Å². The molecule has 1 N–H and O–H groups in total. The van der Waals surface area contributed by atoms with Crippen LogP contribution in [-0.2, 0) is 15.1 Å². The number of nitrogens with zero attached hydrogens (tertiary/aromatic N) is 1. The number of hydrogen-bond donors (Lipinski definition) is 1. The monoisotopic (exact) mass is 233 g/mol. The van der Waals surface area contributed by atoms with Gasteiger partial charge in [0.25, 0.3) is 0 Å². The highest BCUT2D eigenvalue weighted by molar-refractivity contribution is 5.88. The third kappa shape index (κ3) is 1.69. The minimum Gasteiger partial charge on any atom is -0.479 e. The van der Waals surface area contributed by atoms with Crippen molar-refractivity contribution in [3.8, 4) is 0 Å². The number of carbonyl (C=O) groups is 2. The van der Waals surface area contributed by atoms with E-state index in [1.54, 1.807) is 24.3 Å². The summed E-state index contributed by atoms with van der Waals surface area (Å²) >= 11 is 0. The molecule has 1 aromatic carbocycles. The maximum atomic E-state index is 11.6. The van der Waals surface area contributed by atoms with E-state index in [9.17, 15) is 14.7 Å². The Morgan fingerprint density at radius 3 is 2.47 bits per heavy atom. The van der Waals surface area contributed by atoms with Crippen LogP contribution in [-0.4, -0.2) is 28.4 Å². The summed E-state index contributed by atoms with van der Waals surface area (Å²) in [6.45, 7) is 1.93. The van der Waals surface area contributed by atoms with Gasteiger partial charge < -0.3 is 10.0 Å². The van der Waals surface area contributed by atoms with Gasteiger partial charge in [0.1, 0.15) is 0 Å². The van der Waals surface area contributed by atoms with Gasteiger partial charge in [0.2, 0.25) is 5.91 Å². The Morgan fingerprint density at radius 1 is 1.29 bits per heavy atom. The van der Waals surface area contributed by atoms with Crippen LogP contribution in [0.2, 0.25) is 0 Å². The lowest BCUT2D eigenvalue weighted by Crippen LogP contribution is -2.49. The molecule has 1 atom stereocenters. The van der Waals surface area contributed by atoms with E-state index in [2.05, 4.69) is 0 Å². The molecule has 1 fully saturated rings. The number of likely N-dealkylation sites (tertiary alicyclic amines) is 1. The first kappa shape index (κ1) is 11.6. The molecule has 0 radical (unpaired) electrons. The fourth-order valence-electron chi connectivity index (χ4n) is 2.60. The number of hydrogen-bond acceptors (Lipinski definition) is 2. The lowest BCUT2D eigenvalue weighted by molar-refractivity contribution is -0.156. The lowest BCUT2D eigenvalue weighted by Gasteiger charge is -2.34. The van der Waals surface area contributed by atoms with Gasteiger partial charge in [-0.2, -0.15) is 0 Å². The zero-order valence-corrected chi connectivity index (χ0v) is 9.72. The highest BCUT2D eigenvalue weighted by Gasteiger charge is 2.50. The standard InChI is InChI=1S/C13H15NO3/c1-10(15)14-9-5-8-13(14,12(16)17)11-6-3-2-4-7-11/h2-4,6-7H,5,8-9H2,1H3,(H,16,17)/t13-/m0/s1. The largest absolute Gasteiger partial charge is 0.479 e. The van der Waals surface area contributed by atoms with E-state index in [4.69, 9.17) is 0 Å². The van der Waals surface area contributed by atoms with E-state index in [1.165, 1.54) is 11.8 Å². The molecule has 1 aliphatic heterocycles. The molecule has 1 aliphatic rings. The van der Waals surface area contributed by atoms with E-state index in [0.717, 1.165) is 6.42 Å². The fourth-order valence-corrected chi connectivity index (χ4v) is 2.60. The quantitative estimate of drug-likeness (QED) is 0.844. The zero-order valence-electron chi connectivity index (χ0n) is 9.72. The minimum atomic E-state index is -1.17. The third-order valence-electron chi connectivity index (χ3n) is 3.37. The Bertz CT molecular complexity index is 443. The maximum Gasteiger partial charge on any atom is 0.334 e. The van der Waals surface area contributed by atoms with Crippen molar-refractivity contribution in [3.63, 3.8) is 0 Å². The van der Waals surface area contributed by atoms with Crippen LogP contribution in [0.5, 0.6) is 0 Å². The highest BCUT2D eigenvalue weighted by Crippen LogP contribution is 2.39. The Morgan fingerprint density at radius 2 is 1.94 bits per heavy atom. The molecule has 17 heavy (non-hydrogen) atoms. The maximum absolute atomic E-state index is 11.6. The zero-order chi connectivity index (χ0) is 12.5. The van der Waals surface area contributed by atoms with Gasteiger partial charge in [0, 0.05) is 13.5 Å². The van der Waals surface area contributed by atoms with Gasteiger partial charge in [-0.1, -0.05) is 30.3 Å². The van der Waals surface area contributed by atoms with Crippen molar-refractivity contribution in [2.45, 2.75) is 25.3 Å². The number of carboxylic acids is 1. The van der Waals surface area contributed by atoms with Gasteiger partial charge in [-0.3, -0.25) is 4.79 Å². The normalized spacial score (nSPS) is 23.7. The van der Waals surface area contributed by atoms with Crippen LogP contribution in [0.25, 0.3) is 0 Å². The molecule has 90 valence electrons. The summed E-state index contributed by atoms with van der Waals surface area (Å²) in [5.74, 6) is -1.13. The summed E-state index contributed by atoms with van der Waals surface area (Å²) in [6.07, 6.45) is 1.20. The second-order valence-corrected chi connectivity index (χ2v) is 4.31. The molecule has 0 spiro atoms. The van der Waals surface area contributed by atoms with Crippen LogP contribution in [0.1, 0.15) is 25.3 Å². The smallest absolute Gasteiger partial charge is 0.334 e. The Kier molecular flexibility index (Phi) is 2.88. The minimum absolute atomic E-state index is 0.186. The van der Waals surface area contributed by atoms with E-state index >= 15 is 0 Å². The van der Waals surface area contributed by atoms with Gasteiger partial charge in [0.15, 0.2) is 5.54 Å². The number of amides is 1. The Hall–Kier alpha value is -1.84. The molecule has 0 saturated carbocycles. The number of carboxylic acid groups (broad SMARTS) is 1. The molecule has 1 aromatic rings. The second-order valence-electron chi connectivity index (χ2n) is 4.31. The van der Waals surface area contributed by atoms with Gasteiger partial charge >= 0.3 is 5.97 Å². The van der Waals surface area contributed by atoms with Crippen LogP contribution < -0.4 is 0 Å². The summed E-state index contributed by atoms with van der Waals surface area (Å²) in [7, 11) is 0. The van der Waals surface area contributed by atoms with E-state index in [0.29, 0.717) is 18.5 Å². The predicted octanol–water partition coefficient (Wildman–Crippen LogP) is 1.61. The second kappa shape index (κ2) is 4.20. The molecule has 1 saturated heterocycles. The summed E-state index contributed by atoms with van der Waals surface area (Å²) in [5.41, 5.74) is -0.493. The summed E-state index contributed by atoms with van der Waals surface area (Å²) in [5, 5.41) is 9.54.